The molecule has 280 valence electrons. The monoisotopic (exact) mass is 752 g/mol. The highest BCUT2D eigenvalue weighted by Crippen LogP contribution is 2.53. The summed E-state index contributed by atoms with van der Waals surface area (Å²) < 4.78 is 0. The van der Waals surface area contributed by atoms with Gasteiger partial charge in [0.1, 0.15) is 0 Å². The van der Waals surface area contributed by atoms with Crippen LogP contribution < -0.4 is 0 Å². The van der Waals surface area contributed by atoms with Crippen LogP contribution in [-0.4, -0.2) is 0 Å². The van der Waals surface area contributed by atoms with Crippen LogP contribution >= 0.6 is 0 Å². The average Bonchev–Trinajstić information content (AvgIpc) is 3.64. The van der Waals surface area contributed by atoms with Gasteiger partial charge in [-0.1, -0.05) is 161 Å². The Morgan fingerprint density at radius 1 is 0.288 bits per heavy atom. The Labute approximate surface area is 346 Å². The van der Waals surface area contributed by atoms with Crippen molar-refractivity contribution in [3.63, 3.8) is 0 Å². The van der Waals surface area contributed by atoms with E-state index in [0.717, 1.165) is 0 Å². The maximum atomic E-state index is 2.46. The predicted molar refractivity (Wildman–Crippen MR) is 253 cm³/mol. The molecule has 10 aromatic carbocycles. The third-order valence-corrected chi connectivity index (χ3v) is 14.2. The summed E-state index contributed by atoms with van der Waals surface area (Å²) in [6, 6.07) is 66.8. The minimum atomic E-state index is -0.131. The molecule has 0 aliphatic heterocycles. The van der Waals surface area contributed by atoms with Crippen LogP contribution in [0.4, 0.5) is 0 Å². The molecule has 0 saturated carbocycles. The summed E-state index contributed by atoms with van der Waals surface area (Å²) in [5.41, 5.74) is 19.9. The second-order valence-electron chi connectivity index (χ2n) is 18.1. The highest BCUT2D eigenvalue weighted by atomic mass is 14.4. The zero-order chi connectivity index (χ0) is 39.8. The molecule has 2 aliphatic rings. The van der Waals surface area contributed by atoms with Gasteiger partial charge in [-0.3, -0.25) is 0 Å². The lowest BCUT2D eigenvalue weighted by atomic mass is 9.80. The zero-order valence-electron chi connectivity index (χ0n) is 34.2. The van der Waals surface area contributed by atoms with Gasteiger partial charge in [-0.05, 0) is 176 Å². The van der Waals surface area contributed by atoms with Gasteiger partial charge in [-0.25, -0.2) is 0 Å². The van der Waals surface area contributed by atoms with Crippen molar-refractivity contribution in [3.8, 4) is 55.6 Å². The van der Waals surface area contributed by atoms with E-state index in [-0.39, 0.29) is 10.8 Å². The molecule has 0 nitrogen and oxygen atoms in total. The lowest BCUT2D eigenvalue weighted by Crippen LogP contribution is -2.15. The number of benzene rings is 10. The van der Waals surface area contributed by atoms with Crippen LogP contribution in [0, 0.1) is 6.92 Å². The van der Waals surface area contributed by atoms with E-state index in [1.165, 1.54) is 127 Å². The maximum Gasteiger partial charge on any atom is 0.0159 e. The number of hydrogen-bond donors (Lipinski definition) is 0. The minimum absolute atomic E-state index is 0.0196. The fraction of sp³-hybridized carbons (Fsp3) is 0.119. The quantitative estimate of drug-likeness (QED) is 0.158. The van der Waals surface area contributed by atoms with Crippen LogP contribution in [0.3, 0.4) is 0 Å². The summed E-state index contributed by atoms with van der Waals surface area (Å²) in [7, 11) is 0. The Hall–Kier alpha value is -6.76. The number of aryl methyl sites for hydroxylation is 1. The van der Waals surface area contributed by atoms with Crippen LogP contribution in [0.25, 0.3) is 98.7 Å². The molecule has 0 bridgehead atoms. The van der Waals surface area contributed by atoms with Crippen molar-refractivity contribution in [2.24, 2.45) is 0 Å². The molecule has 0 fully saturated rings. The Bertz CT molecular complexity index is 3330. The first kappa shape index (κ1) is 34.3. The summed E-state index contributed by atoms with van der Waals surface area (Å²) >= 11 is 0. The molecule has 0 unspecified atom stereocenters. The molecule has 0 radical (unpaired) electrons. The molecule has 0 spiro atoms. The van der Waals surface area contributed by atoms with E-state index in [2.05, 4.69) is 211 Å². The van der Waals surface area contributed by atoms with Crippen molar-refractivity contribution in [1.82, 2.24) is 0 Å². The lowest BCUT2D eigenvalue weighted by Gasteiger charge is -2.23. The summed E-state index contributed by atoms with van der Waals surface area (Å²) in [5, 5.41) is 10.4. The molecule has 0 N–H and O–H groups in total. The molecule has 0 heteroatoms. The number of hydrogen-bond acceptors (Lipinski definition) is 0. The summed E-state index contributed by atoms with van der Waals surface area (Å²) in [4.78, 5) is 0. The van der Waals surface area contributed by atoms with Gasteiger partial charge < -0.3 is 0 Å². The van der Waals surface area contributed by atoms with Crippen LogP contribution in [0.5, 0.6) is 0 Å². The molecule has 12 rings (SSSR count). The van der Waals surface area contributed by atoms with E-state index in [1.54, 1.807) is 0 Å². The summed E-state index contributed by atoms with van der Waals surface area (Å²) in [6.07, 6.45) is 0. The van der Waals surface area contributed by atoms with E-state index in [1.807, 2.05) is 0 Å². The van der Waals surface area contributed by atoms with Crippen LogP contribution in [0.15, 0.2) is 176 Å². The van der Waals surface area contributed by atoms with Gasteiger partial charge >= 0.3 is 0 Å². The number of fused-ring (bicyclic) bond motifs is 10. The zero-order valence-corrected chi connectivity index (χ0v) is 34.2. The first-order valence-corrected chi connectivity index (χ1v) is 21.1. The molecule has 0 atom stereocenters. The van der Waals surface area contributed by atoms with Crippen molar-refractivity contribution in [3.05, 3.63) is 204 Å². The van der Waals surface area contributed by atoms with E-state index in [0.29, 0.717) is 0 Å². The van der Waals surface area contributed by atoms with E-state index in [9.17, 15) is 0 Å². The fourth-order valence-corrected chi connectivity index (χ4v) is 10.9. The minimum Gasteiger partial charge on any atom is -0.0619 e. The van der Waals surface area contributed by atoms with Gasteiger partial charge in [-0.2, -0.15) is 0 Å². The second-order valence-corrected chi connectivity index (χ2v) is 18.1. The molecule has 0 heterocycles. The van der Waals surface area contributed by atoms with Gasteiger partial charge in [0, 0.05) is 10.8 Å². The maximum absolute atomic E-state index is 2.46. The number of rotatable bonds is 3. The van der Waals surface area contributed by atoms with E-state index >= 15 is 0 Å². The predicted octanol–water partition coefficient (Wildman–Crippen LogP) is 16.2. The van der Waals surface area contributed by atoms with Crippen molar-refractivity contribution < 1.29 is 0 Å². The lowest BCUT2D eigenvalue weighted by molar-refractivity contribution is 0.659. The van der Waals surface area contributed by atoms with Gasteiger partial charge in [0.15, 0.2) is 0 Å². The van der Waals surface area contributed by atoms with E-state index < -0.39 is 0 Å². The van der Waals surface area contributed by atoms with Crippen molar-refractivity contribution in [1.29, 1.82) is 0 Å². The Balaban J connectivity index is 0.931. The van der Waals surface area contributed by atoms with Gasteiger partial charge in [-0.15, -0.1) is 0 Å². The first-order chi connectivity index (χ1) is 28.6. The van der Waals surface area contributed by atoms with Gasteiger partial charge in [0.2, 0.25) is 0 Å². The van der Waals surface area contributed by atoms with E-state index in [4.69, 9.17) is 0 Å². The fourth-order valence-electron chi connectivity index (χ4n) is 10.9. The molecule has 59 heavy (non-hydrogen) atoms. The van der Waals surface area contributed by atoms with Crippen LogP contribution in [0.2, 0.25) is 0 Å². The van der Waals surface area contributed by atoms with Crippen molar-refractivity contribution >= 4 is 43.1 Å². The van der Waals surface area contributed by atoms with Crippen LogP contribution in [0.1, 0.15) is 55.5 Å². The van der Waals surface area contributed by atoms with Crippen LogP contribution in [-0.2, 0) is 10.8 Å². The molecule has 2 aliphatic carbocycles. The SMILES string of the molecule is Cc1c2cc3ccccc3cc2c(-c2ccc(-c3ccc4c(c3)C(C)(C)c3cc(-c5ccc6c(c5)C(C)(C)c5ccccc5-6)ccc3-4)cc2)c2cc3ccccc3cc12. The first-order valence-electron chi connectivity index (χ1n) is 21.1. The summed E-state index contributed by atoms with van der Waals surface area (Å²) in [5.74, 6) is 0. The smallest absolute Gasteiger partial charge is 0.0159 e. The Kier molecular flexibility index (Phi) is 7.05. The molecule has 0 saturated heterocycles. The molecule has 10 aromatic rings. The average molecular weight is 753 g/mol. The topological polar surface area (TPSA) is 0 Å². The molecule has 0 amide bonds. The van der Waals surface area contributed by atoms with Gasteiger partial charge in [0.05, 0.1) is 0 Å². The van der Waals surface area contributed by atoms with Crippen molar-refractivity contribution in [2.75, 3.05) is 0 Å². The Morgan fingerprint density at radius 3 is 1.10 bits per heavy atom. The van der Waals surface area contributed by atoms with Crippen molar-refractivity contribution in [2.45, 2.75) is 45.4 Å². The Morgan fingerprint density at radius 2 is 0.627 bits per heavy atom. The van der Waals surface area contributed by atoms with Gasteiger partial charge in [0.25, 0.3) is 0 Å². The third kappa shape index (κ3) is 4.90. The molecule has 0 aromatic heterocycles. The second kappa shape index (κ2) is 12.1. The largest absolute Gasteiger partial charge is 0.0619 e. The highest BCUT2D eigenvalue weighted by molar-refractivity contribution is 6.20. The standard InChI is InChI=1S/C59H44/c1-35-49-28-38-12-6-8-14-40(38)30-51(49)57(52-31-41-15-9-7-13-39(41)29-50(35)52)37-20-18-36(19-21-37)42-22-25-47-48-27-24-44(34-56(48)59(4,5)55(47)32-42)43-23-26-46-45-16-10-11-17-53(45)58(2,3)54(46)33-43/h6-34H,1-5H3. The molecular weight excluding hydrogens is 709 g/mol. The third-order valence-electron chi connectivity index (χ3n) is 14.2. The molecular formula is C59H44. The summed E-state index contributed by atoms with van der Waals surface area (Å²) in [6.45, 7) is 11.8. The highest BCUT2D eigenvalue weighted by Gasteiger charge is 2.37. The normalized spacial score (nSPS) is 14.5.